The Balaban J connectivity index is 2.14. The van der Waals surface area contributed by atoms with Gasteiger partial charge in [-0.1, -0.05) is 25.1 Å². The molecule has 22 heavy (non-hydrogen) atoms. The molecule has 0 aliphatic heterocycles. The third-order valence-electron chi connectivity index (χ3n) is 3.15. The van der Waals surface area contributed by atoms with Crippen molar-refractivity contribution in [2.45, 2.75) is 25.1 Å². The number of nitrogens with one attached hydrogen (secondary N) is 1. The molecule has 1 aromatic carbocycles. The van der Waals surface area contributed by atoms with E-state index in [9.17, 15) is 13.2 Å². The van der Waals surface area contributed by atoms with Crippen LogP contribution in [0.3, 0.4) is 0 Å². The topological polar surface area (TPSA) is 83.5 Å². The number of carboxylic acids is 1. The predicted octanol–water partition coefficient (Wildman–Crippen LogP) is 3.02. The summed E-state index contributed by atoms with van der Waals surface area (Å²) in [6.07, 6.45) is 0.648. The monoisotopic (exact) mass is 339 g/mol. The van der Waals surface area contributed by atoms with Crippen LogP contribution in [0.4, 0.5) is 0 Å². The van der Waals surface area contributed by atoms with Gasteiger partial charge >= 0.3 is 5.97 Å². The summed E-state index contributed by atoms with van der Waals surface area (Å²) in [6, 6.07) is 9.50. The van der Waals surface area contributed by atoms with E-state index in [0.717, 1.165) is 4.88 Å². The first-order chi connectivity index (χ1) is 10.4. The predicted molar refractivity (Wildman–Crippen MR) is 86.5 cm³/mol. The standard InChI is InChI=1S/C15H17NO4S2/c1-2-13(14-7-4-8-21-14)16-22(19,20)10-11-5-3-6-12(9-11)15(17)18/h3-9,13,16H,2,10H2,1H3,(H,17,18). The van der Waals surface area contributed by atoms with Crippen molar-refractivity contribution in [3.05, 3.63) is 57.8 Å². The summed E-state index contributed by atoms with van der Waals surface area (Å²) in [7, 11) is -3.55. The maximum Gasteiger partial charge on any atom is 0.335 e. The second kappa shape index (κ2) is 7.04. The number of rotatable bonds is 7. The number of hydrogen-bond donors (Lipinski definition) is 2. The molecule has 0 saturated carbocycles. The Kier molecular flexibility index (Phi) is 5.33. The number of aromatic carboxylic acids is 1. The molecule has 0 amide bonds. The highest BCUT2D eigenvalue weighted by Crippen LogP contribution is 2.23. The maximum absolute atomic E-state index is 12.3. The molecule has 2 N–H and O–H groups in total. The van der Waals surface area contributed by atoms with Crippen molar-refractivity contribution >= 4 is 27.3 Å². The number of hydrogen-bond acceptors (Lipinski definition) is 4. The molecule has 0 saturated heterocycles. The zero-order valence-electron chi connectivity index (χ0n) is 12.0. The third-order valence-corrected chi connectivity index (χ3v) is 5.49. The van der Waals surface area contributed by atoms with Crippen LogP contribution in [0.1, 0.15) is 40.2 Å². The lowest BCUT2D eigenvalue weighted by atomic mass is 10.1. The second-order valence-corrected chi connectivity index (χ2v) is 7.59. The van der Waals surface area contributed by atoms with Crippen LogP contribution in [-0.2, 0) is 15.8 Å². The minimum absolute atomic E-state index is 0.0815. The summed E-state index contributed by atoms with van der Waals surface area (Å²) in [5.74, 6) is -1.31. The molecule has 0 spiro atoms. The first kappa shape index (κ1) is 16.7. The van der Waals surface area contributed by atoms with Gasteiger partial charge in [0.15, 0.2) is 0 Å². The van der Waals surface area contributed by atoms with Crippen LogP contribution in [0, 0.1) is 0 Å². The van der Waals surface area contributed by atoms with Gasteiger partial charge in [-0.05, 0) is 35.6 Å². The number of carbonyl (C=O) groups is 1. The summed E-state index contributed by atoms with van der Waals surface area (Å²) in [6.45, 7) is 1.91. The van der Waals surface area contributed by atoms with Crippen molar-refractivity contribution in [2.24, 2.45) is 0 Å². The molecule has 118 valence electrons. The van der Waals surface area contributed by atoms with E-state index in [1.165, 1.54) is 23.5 Å². The highest BCUT2D eigenvalue weighted by molar-refractivity contribution is 7.88. The Morgan fingerprint density at radius 1 is 1.32 bits per heavy atom. The van der Waals surface area contributed by atoms with Crippen molar-refractivity contribution in [1.82, 2.24) is 4.72 Å². The second-order valence-electron chi connectivity index (χ2n) is 4.86. The quantitative estimate of drug-likeness (QED) is 0.812. The maximum atomic E-state index is 12.3. The van der Waals surface area contributed by atoms with Crippen molar-refractivity contribution < 1.29 is 18.3 Å². The van der Waals surface area contributed by atoms with Crippen LogP contribution in [-0.4, -0.2) is 19.5 Å². The summed E-state index contributed by atoms with van der Waals surface area (Å²) in [4.78, 5) is 11.9. The molecule has 7 heteroatoms. The average molecular weight is 339 g/mol. The Morgan fingerprint density at radius 3 is 2.68 bits per heavy atom. The fourth-order valence-corrected chi connectivity index (χ4v) is 4.47. The van der Waals surface area contributed by atoms with E-state index in [-0.39, 0.29) is 17.4 Å². The zero-order chi connectivity index (χ0) is 16.2. The molecule has 1 heterocycles. The highest BCUT2D eigenvalue weighted by atomic mass is 32.2. The largest absolute Gasteiger partial charge is 0.478 e. The van der Waals surface area contributed by atoms with E-state index in [1.807, 2.05) is 24.4 Å². The highest BCUT2D eigenvalue weighted by Gasteiger charge is 2.19. The van der Waals surface area contributed by atoms with Crippen LogP contribution >= 0.6 is 11.3 Å². The van der Waals surface area contributed by atoms with Crippen LogP contribution in [0.15, 0.2) is 41.8 Å². The Labute approximate surface area is 133 Å². The zero-order valence-corrected chi connectivity index (χ0v) is 13.7. The van der Waals surface area contributed by atoms with Crippen LogP contribution in [0.5, 0.6) is 0 Å². The van der Waals surface area contributed by atoms with E-state index < -0.39 is 16.0 Å². The summed E-state index contributed by atoms with van der Waals surface area (Å²) in [5, 5.41) is 10.9. The molecular formula is C15H17NO4S2. The first-order valence-corrected chi connectivity index (χ1v) is 9.30. The van der Waals surface area contributed by atoms with Crippen molar-refractivity contribution in [3.8, 4) is 0 Å². The Morgan fingerprint density at radius 2 is 2.09 bits per heavy atom. The van der Waals surface area contributed by atoms with Gasteiger partial charge in [-0.2, -0.15) is 0 Å². The molecule has 1 atom stereocenters. The molecule has 0 bridgehead atoms. The molecule has 0 aliphatic carbocycles. The molecule has 2 rings (SSSR count). The number of thiophene rings is 1. The molecule has 1 aromatic heterocycles. The molecule has 1 unspecified atom stereocenters. The minimum Gasteiger partial charge on any atom is -0.478 e. The van der Waals surface area contributed by atoms with E-state index >= 15 is 0 Å². The fraction of sp³-hybridized carbons (Fsp3) is 0.267. The number of sulfonamides is 1. The van der Waals surface area contributed by atoms with Gasteiger partial charge < -0.3 is 5.11 Å². The van der Waals surface area contributed by atoms with E-state index in [0.29, 0.717) is 12.0 Å². The average Bonchev–Trinajstić information content (AvgIpc) is 2.98. The van der Waals surface area contributed by atoms with E-state index in [4.69, 9.17) is 5.11 Å². The summed E-state index contributed by atoms with van der Waals surface area (Å²) in [5.41, 5.74) is 0.534. The van der Waals surface area contributed by atoms with Gasteiger partial charge in [0.25, 0.3) is 0 Å². The minimum atomic E-state index is -3.55. The molecule has 2 aromatic rings. The number of carboxylic acid groups (broad SMARTS) is 1. The first-order valence-electron chi connectivity index (χ1n) is 6.77. The van der Waals surface area contributed by atoms with Crippen molar-refractivity contribution in [3.63, 3.8) is 0 Å². The SMILES string of the molecule is CCC(NS(=O)(=O)Cc1cccc(C(=O)O)c1)c1cccs1. The third kappa shape index (κ3) is 4.40. The lowest BCUT2D eigenvalue weighted by Gasteiger charge is -2.15. The molecular weight excluding hydrogens is 322 g/mol. The van der Waals surface area contributed by atoms with Gasteiger partial charge in [0.05, 0.1) is 17.4 Å². The Bertz CT molecular complexity index is 739. The van der Waals surface area contributed by atoms with Crippen molar-refractivity contribution in [1.29, 1.82) is 0 Å². The van der Waals surface area contributed by atoms with Gasteiger partial charge in [-0.25, -0.2) is 17.9 Å². The smallest absolute Gasteiger partial charge is 0.335 e. The normalized spacial score (nSPS) is 13.0. The van der Waals surface area contributed by atoms with Gasteiger partial charge in [0, 0.05) is 4.88 Å². The van der Waals surface area contributed by atoms with E-state index in [2.05, 4.69) is 4.72 Å². The fourth-order valence-electron chi connectivity index (χ4n) is 2.10. The van der Waals surface area contributed by atoms with Gasteiger partial charge in [0.2, 0.25) is 10.0 Å². The van der Waals surface area contributed by atoms with Crippen LogP contribution in [0.2, 0.25) is 0 Å². The Hall–Kier alpha value is -1.70. The van der Waals surface area contributed by atoms with Crippen LogP contribution in [0.25, 0.3) is 0 Å². The van der Waals surface area contributed by atoms with Crippen molar-refractivity contribution in [2.75, 3.05) is 0 Å². The molecule has 0 fully saturated rings. The number of benzene rings is 1. The van der Waals surface area contributed by atoms with Crippen LogP contribution < -0.4 is 4.72 Å². The summed E-state index contributed by atoms with van der Waals surface area (Å²) >= 11 is 1.50. The van der Waals surface area contributed by atoms with Gasteiger partial charge in [-0.15, -0.1) is 11.3 Å². The summed E-state index contributed by atoms with van der Waals surface area (Å²) < 4.78 is 27.3. The van der Waals surface area contributed by atoms with Gasteiger partial charge in [-0.3, -0.25) is 0 Å². The van der Waals surface area contributed by atoms with Gasteiger partial charge in [0.1, 0.15) is 0 Å². The molecule has 0 aliphatic rings. The lowest BCUT2D eigenvalue weighted by molar-refractivity contribution is 0.0696. The lowest BCUT2D eigenvalue weighted by Crippen LogP contribution is -2.29. The molecule has 0 radical (unpaired) electrons. The molecule has 5 nitrogen and oxygen atoms in total. The van der Waals surface area contributed by atoms with E-state index in [1.54, 1.807) is 12.1 Å².